The van der Waals surface area contributed by atoms with E-state index in [1.165, 1.54) is 5.39 Å². The maximum atomic E-state index is 6.01. The normalized spacial score (nSPS) is 20.8. The number of para-hydroxylation sites is 1. The Morgan fingerprint density at radius 3 is 2.94 bits per heavy atom. The molecule has 1 atom stereocenters. The maximum absolute atomic E-state index is 6.01. The molecule has 0 amide bonds. The molecule has 1 aromatic carbocycles. The summed E-state index contributed by atoms with van der Waals surface area (Å²) in [5, 5.41) is 1.19. The summed E-state index contributed by atoms with van der Waals surface area (Å²) < 4.78 is 0. The van der Waals surface area contributed by atoms with E-state index in [0.29, 0.717) is 0 Å². The van der Waals surface area contributed by atoms with Crippen LogP contribution in [0.25, 0.3) is 10.9 Å². The number of aromatic nitrogens is 1. The lowest BCUT2D eigenvalue weighted by Gasteiger charge is -2.31. The summed E-state index contributed by atoms with van der Waals surface area (Å²) in [5.41, 5.74) is 7.07. The summed E-state index contributed by atoms with van der Waals surface area (Å²) >= 11 is 0. The molecule has 1 saturated heterocycles. The molecule has 2 heterocycles. The average Bonchev–Trinajstić information content (AvgIpc) is 2.38. The molecule has 0 spiro atoms. The van der Waals surface area contributed by atoms with E-state index in [1.807, 2.05) is 12.1 Å². The fourth-order valence-corrected chi connectivity index (χ4v) is 2.45. The van der Waals surface area contributed by atoms with Gasteiger partial charge in [-0.05, 0) is 31.0 Å². The van der Waals surface area contributed by atoms with Crippen LogP contribution in [0.2, 0.25) is 0 Å². The Morgan fingerprint density at radius 1 is 1.18 bits per heavy atom. The number of fused-ring (bicyclic) bond motifs is 1. The van der Waals surface area contributed by atoms with Gasteiger partial charge in [-0.3, -0.25) is 0 Å². The van der Waals surface area contributed by atoms with Crippen molar-refractivity contribution < 1.29 is 0 Å². The van der Waals surface area contributed by atoms with Crippen molar-refractivity contribution in [3.63, 3.8) is 0 Å². The molecule has 1 aliphatic rings. The average molecular weight is 227 g/mol. The van der Waals surface area contributed by atoms with E-state index in [0.717, 1.165) is 37.3 Å². The van der Waals surface area contributed by atoms with E-state index in [9.17, 15) is 0 Å². The maximum Gasteiger partial charge on any atom is 0.129 e. The van der Waals surface area contributed by atoms with E-state index in [1.54, 1.807) is 0 Å². The number of piperidine rings is 1. The molecule has 1 aliphatic heterocycles. The van der Waals surface area contributed by atoms with E-state index in [-0.39, 0.29) is 6.04 Å². The number of anilines is 1. The van der Waals surface area contributed by atoms with E-state index < -0.39 is 0 Å². The first-order valence-electron chi connectivity index (χ1n) is 6.19. The van der Waals surface area contributed by atoms with Crippen molar-refractivity contribution in [2.75, 3.05) is 18.0 Å². The molecule has 3 nitrogen and oxygen atoms in total. The van der Waals surface area contributed by atoms with Gasteiger partial charge in [0.05, 0.1) is 5.52 Å². The molecule has 1 aromatic heterocycles. The first-order chi connectivity index (χ1) is 8.33. The topological polar surface area (TPSA) is 42.1 Å². The van der Waals surface area contributed by atoms with Crippen LogP contribution in [0, 0.1) is 0 Å². The predicted molar refractivity (Wildman–Crippen MR) is 71.2 cm³/mol. The van der Waals surface area contributed by atoms with Gasteiger partial charge in [0.2, 0.25) is 0 Å². The van der Waals surface area contributed by atoms with Crippen molar-refractivity contribution in [2.24, 2.45) is 5.73 Å². The second-order valence-corrected chi connectivity index (χ2v) is 4.71. The molecule has 1 fully saturated rings. The molecule has 88 valence electrons. The van der Waals surface area contributed by atoms with Crippen molar-refractivity contribution in [1.82, 2.24) is 4.98 Å². The third-order valence-corrected chi connectivity index (χ3v) is 3.37. The van der Waals surface area contributed by atoms with Crippen LogP contribution in [0.15, 0.2) is 36.4 Å². The number of nitrogens with two attached hydrogens (primary N) is 1. The minimum atomic E-state index is 0.289. The van der Waals surface area contributed by atoms with Crippen LogP contribution in [-0.4, -0.2) is 24.1 Å². The molecular formula is C14H17N3. The zero-order valence-electron chi connectivity index (χ0n) is 9.84. The van der Waals surface area contributed by atoms with E-state index in [4.69, 9.17) is 10.7 Å². The highest BCUT2D eigenvalue weighted by atomic mass is 15.2. The summed E-state index contributed by atoms with van der Waals surface area (Å²) in [7, 11) is 0. The zero-order chi connectivity index (χ0) is 11.7. The minimum absolute atomic E-state index is 0.289. The van der Waals surface area contributed by atoms with Crippen molar-refractivity contribution in [2.45, 2.75) is 18.9 Å². The summed E-state index contributed by atoms with van der Waals surface area (Å²) in [6.45, 7) is 1.99. The highest BCUT2D eigenvalue weighted by molar-refractivity contribution is 5.80. The van der Waals surface area contributed by atoms with E-state index >= 15 is 0 Å². The number of pyridine rings is 1. The largest absolute Gasteiger partial charge is 0.355 e. The Bertz CT molecular complexity index is 524. The van der Waals surface area contributed by atoms with Gasteiger partial charge >= 0.3 is 0 Å². The summed E-state index contributed by atoms with van der Waals surface area (Å²) in [4.78, 5) is 7.00. The number of hydrogen-bond donors (Lipinski definition) is 1. The molecule has 3 heteroatoms. The molecule has 0 unspecified atom stereocenters. The minimum Gasteiger partial charge on any atom is -0.355 e. The third kappa shape index (κ3) is 2.11. The first kappa shape index (κ1) is 10.5. The second-order valence-electron chi connectivity index (χ2n) is 4.71. The fraction of sp³-hybridized carbons (Fsp3) is 0.357. The standard InChI is InChI=1S/C14H17N3/c15-12-5-3-9-17(10-12)14-8-7-11-4-1-2-6-13(11)16-14/h1-2,4,6-8,12H,3,5,9-10,15H2/t12-/m1/s1. The van der Waals surface area contributed by atoms with Gasteiger partial charge in [0.1, 0.15) is 5.82 Å². The quantitative estimate of drug-likeness (QED) is 0.811. The summed E-state index contributed by atoms with van der Waals surface area (Å²) in [6, 6.07) is 12.7. The van der Waals surface area contributed by atoms with Gasteiger partial charge in [-0.1, -0.05) is 18.2 Å². The Kier molecular flexibility index (Phi) is 2.69. The van der Waals surface area contributed by atoms with Gasteiger partial charge in [-0.15, -0.1) is 0 Å². The van der Waals surface area contributed by atoms with Crippen LogP contribution in [0.4, 0.5) is 5.82 Å². The predicted octanol–water partition coefficient (Wildman–Crippen LogP) is 2.16. The third-order valence-electron chi connectivity index (χ3n) is 3.37. The Balaban J connectivity index is 1.94. The number of benzene rings is 1. The lowest BCUT2D eigenvalue weighted by molar-refractivity contribution is 0.503. The summed E-state index contributed by atoms with van der Waals surface area (Å²) in [5.74, 6) is 1.05. The highest BCUT2D eigenvalue weighted by Crippen LogP contribution is 2.20. The van der Waals surface area contributed by atoms with Gasteiger partial charge in [0, 0.05) is 24.5 Å². The van der Waals surface area contributed by atoms with Gasteiger partial charge in [0.25, 0.3) is 0 Å². The second kappa shape index (κ2) is 4.34. The zero-order valence-corrected chi connectivity index (χ0v) is 9.84. The SMILES string of the molecule is N[C@@H]1CCCN(c2ccc3ccccc3n2)C1. The Labute approximate surface area is 101 Å². The van der Waals surface area contributed by atoms with E-state index in [2.05, 4.69) is 29.2 Å². The molecule has 0 radical (unpaired) electrons. The van der Waals surface area contributed by atoms with Crippen molar-refractivity contribution in [3.05, 3.63) is 36.4 Å². The number of hydrogen-bond acceptors (Lipinski definition) is 3. The molecule has 17 heavy (non-hydrogen) atoms. The Hall–Kier alpha value is -1.61. The van der Waals surface area contributed by atoms with Gasteiger partial charge < -0.3 is 10.6 Å². The monoisotopic (exact) mass is 227 g/mol. The molecule has 2 aromatic rings. The molecule has 0 bridgehead atoms. The van der Waals surface area contributed by atoms with Crippen LogP contribution in [0.5, 0.6) is 0 Å². The van der Waals surface area contributed by atoms with Crippen LogP contribution >= 0.6 is 0 Å². The highest BCUT2D eigenvalue weighted by Gasteiger charge is 2.17. The number of nitrogens with zero attached hydrogens (tertiary/aromatic N) is 2. The van der Waals surface area contributed by atoms with Gasteiger partial charge in [-0.2, -0.15) is 0 Å². The molecule has 0 saturated carbocycles. The molecular weight excluding hydrogens is 210 g/mol. The smallest absolute Gasteiger partial charge is 0.129 e. The lowest BCUT2D eigenvalue weighted by atomic mass is 10.1. The van der Waals surface area contributed by atoms with Crippen LogP contribution in [-0.2, 0) is 0 Å². The molecule has 0 aliphatic carbocycles. The molecule has 2 N–H and O–H groups in total. The lowest BCUT2D eigenvalue weighted by Crippen LogP contribution is -2.43. The Morgan fingerprint density at radius 2 is 2.06 bits per heavy atom. The van der Waals surface area contributed by atoms with Crippen LogP contribution in [0.3, 0.4) is 0 Å². The molecule has 3 rings (SSSR count). The van der Waals surface area contributed by atoms with Crippen LogP contribution < -0.4 is 10.6 Å². The fourth-order valence-electron chi connectivity index (χ4n) is 2.45. The van der Waals surface area contributed by atoms with Gasteiger partial charge in [0.15, 0.2) is 0 Å². The van der Waals surface area contributed by atoms with Crippen molar-refractivity contribution >= 4 is 16.7 Å². The van der Waals surface area contributed by atoms with Crippen molar-refractivity contribution in [3.8, 4) is 0 Å². The van der Waals surface area contributed by atoms with Crippen molar-refractivity contribution in [1.29, 1.82) is 0 Å². The summed E-state index contributed by atoms with van der Waals surface area (Å²) in [6.07, 6.45) is 2.29. The number of rotatable bonds is 1. The first-order valence-corrected chi connectivity index (χ1v) is 6.19. The van der Waals surface area contributed by atoms with Gasteiger partial charge in [-0.25, -0.2) is 4.98 Å². The van der Waals surface area contributed by atoms with Crippen LogP contribution in [0.1, 0.15) is 12.8 Å².